The summed E-state index contributed by atoms with van der Waals surface area (Å²) in [7, 11) is 0. The van der Waals surface area contributed by atoms with Crippen LogP contribution in [0.5, 0.6) is 0 Å². The van der Waals surface area contributed by atoms with Gasteiger partial charge in [0.05, 0.1) is 15.8 Å². The molecule has 4 N–H and O–H groups in total. The molecule has 198 valence electrons. The number of anilines is 2. The number of benzene rings is 3. The maximum atomic E-state index is 12.9. The van der Waals surface area contributed by atoms with Gasteiger partial charge in [0.1, 0.15) is 12.1 Å². The maximum Gasteiger partial charge on any atom is 0.416 e. The Kier molecular flexibility index (Phi) is 7.58. The predicted molar refractivity (Wildman–Crippen MR) is 149 cm³/mol. The van der Waals surface area contributed by atoms with Gasteiger partial charge >= 0.3 is 6.18 Å². The minimum absolute atomic E-state index is 0.0569. The number of thiophene rings is 1. The van der Waals surface area contributed by atoms with Gasteiger partial charge in [-0.1, -0.05) is 42.5 Å². The number of nitrogens with one attached hydrogen (secondary N) is 2. The zero-order valence-electron chi connectivity index (χ0n) is 20.6. The van der Waals surface area contributed by atoms with E-state index in [-0.39, 0.29) is 5.56 Å². The van der Waals surface area contributed by atoms with Crippen LogP contribution in [0, 0.1) is 0 Å². The zero-order chi connectivity index (χ0) is 27.4. The molecular formula is C29H24F3N5OS. The summed E-state index contributed by atoms with van der Waals surface area (Å²) in [6.45, 7) is 1.13. The van der Waals surface area contributed by atoms with Gasteiger partial charge in [-0.2, -0.15) is 13.2 Å². The second kappa shape index (κ2) is 11.2. The summed E-state index contributed by atoms with van der Waals surface area (Å²) in [5.41, 5.74) is 9.35. The van der Waals surface area contributed by atoms with E-state index in [9.17, 15) is 18.0 Å². The molecule has 0 atom stereocenters. The average Bonchev–Trinajstić information content (AvgIpc) is 3.39. The summed E-state index contributed by atoms with van der Waals surface area (Å²) in [5, 5.41) is 6.03. The zero-order valence-corrected chi connectivity index (χ0v) is 21.4. The standard InChI is InChI=1S/C29H24F3N5OS/c30-29(31,32)22-3-1-2-21(14-22)28(38)37-23-10-6-18(7-11-23)12-13-34-27-26-24(35-17-36-27)15-25(39-26)20-8-4-19(16-33)5-9-20/h1-11,14-15,17H,12-13,16,33H2,(H,37,38)(H,34,35,36). The molecule has 0 saturated heterocycles. The first kappa shape index (κ1) is 26.3. The lowest BCUT2D eigenvalue weighted by Gasteiger charge is -2.10. The Labute approximate surface area is 226 Å². The van der Waals surface area contributed by atoms with Crippen molar-refractivity contribution < 1.29 is 18.0 Å². The van der Waals surface area contributed by atoms with Gasteiger partial charge in [-0.15, -0.1) is 11.3 Å². The van der Waals surface area contributed by atoms with Crippen molar-refractivity contribution in [2.24, 2.45) is 5.73 Å². The molecule has 6 nitrogen and oxygen atoms in total. The number of amides is 1. The lowest BCUT2D eigenvalue weighted by atomic mass is 10.1. The van der Waals surface area contributed by atoms with E-state index >= 15 is 0 Å². The molecule has 3 aromatic carbocycles. The fraction of sp³-hybridized carbons (Fsp3) is 0.138. The van der Waals surface area contributed by atoms with Crippen LogP contribution >= 0.6 is 11.3 Å². The highest BCUT2D eigenvalue weighted by Gasteiger charge is 2.30. The summed E-state index contributed by atoms with van der Waals surface area (Å²) in [5.74, 6) is 0.161. The van der Waals surface area contributed by atoms with Crippen LogP contribution in [0.15, 0.2) is 85.2 Å². The molecule has 0 fully saturated rings. The molecule has 5 rings (SSSR count). The van der Waals surface area contributed by atoms with E-state index < -0.39 is 17.6 Å². The van der Waals surface area contributed by atoms with Crippen LogP contribution in [0.1, 0.15) is 27.0 Å². The quantitative estimate of drug-likeness (QED) is 0.200. The number of halogens is 3. The smallest absolute Gasteiger partial charge is 0.368 e. The normalized spacial score (nSPS) is 11.5. The molecule has 0 radical (unpaired) electrons. The van der Waals surface area contributed by atoms with Crippen molar-refractivity contribution in [3.05, 3.63) is 107 Å². The molecule has 0 aliphatic heterocycles. The number of hydrogen-bond donors (Lipinski definition) is 3. The van der Waals surface area contributed by atoms with Crippen LogP contribution in [0.3, 0.4) is 0 Å². The minimum atomic E-state index is -4.51. The van der Waals surface area contributed by atoms with E-state index in [1.54, 1.807) is 29.8 Å². The van der Waals surface area contributed by atoms with Crippen molar-refractivity contribution in [2.75, 3.05) is 17.2 Å². The first-order chi connectivity index (χ1) is 18.8. The van der Waals surface area contributed by atoms with Crippen molar-refractivity contribution in [1.29, 1.82) is 0 Å². The topological polar surface area (TPSA) is 92.9 Å². The van der Waals surface area contributed by atoms with Crippen LogP contribution in [-0.2, 0) is 19.1 Å². The van der Waals surface area contributed by atoms with Crippen molar-refractivity contribution >= 4 is 39.0 Å². The molecular weight excluding hydrogens is 523 g/mol. The Morgan fingerprint density at radius 1 is 0.923 bits per heavy atom. The highest BCUT2D eigenvalue weighted by molar-refractivity contribution is 7.22. The Hall–Kier alpha value is -4.28. The van der Waals surface area contributed by atoms with Crippen molar-refractivity contribution in [1.82, 2.24) is 9.97 Å². The van der Waals surface area contributed by atoms with E-state index in [4.69, 9.17) is 5.73 Å². The monoisotopic (exact) mass is 547 g/mol. The number of carbonyl (C=O) groups is 1. The third-order valence-electron chi connectivity index (χ3n) is 6.16. The predicted octanol–water partition coefficient (Wildman–Crippen LogP) is 6.74. The third kappa shape index (κ3) is 6.24. The van der Waals surface area contributed by atoms with E-state index in [2.05, 4.69) is 38.8 Å². The van der Waals surface area contributed by atoms with Crippen molar-refractivity contribution in [2.45, 2.75) is 19.1 Å². The molecule has 39 heavy (non-hydrogen) atoms. The molecule has 0 bridgehead atoms. The Morgan fingerprint density at radius 3 is 2.38 bits per heavy atom. The van der Waals surface area contributed by atoms with E-state index in [0.29, 0.717) is 25.2 Å². The minimum Gasteiger partial charge on any atom is -0.368 e. The molecule has 2 aromatic heterocycles. The lowest BCUT2D eigenvalue weighted by Crippen LogP contribution is -2.14. The van der Waals surface area contributed by atoms with Gasteiger partial charge in [-0.3, -0.25) is 4.79 Å². The van der Waals surface area contributed by atoms with Gasteiger partial charge in [0.2, 0.25) is 0 Å². The van der Waals surface area contributed by atoms with Crippen LogP contribution in [-0.4, -0.2) is 22.4 Å². The first-order valence-electron chi connectivity index (χ1n) is 12.2. The van der Waals surface area contributed by atoms with E-state index in [0.717, 1.165) is 49.7 Å². The van der Waals surface area contributed by atoms with Gasteiger partial charge in [0, 0.05) is 29.2 Å². The molecule has 2 heterocycles. The van der Waals surface area contributed by atoms with Gasteiger partial charge in [-0.05, 0) is 59.5 Å². The van der Waals surface area contributed by atoms with E-state index in [1.807, 2.05) is 24.3 Å². The van der Waals surface area contributed by atoms with Crippen LogP contribution < -0.4 is 16.4 Å². The van der Waals surface area contributed by atoms with Gasteiger partial charge in [0.25, 0.3) is 5.91 Å². The highest BCUT2D eigenvalue weighted by atomic mass is 32.1. The van der Waals surface area contributed by atoms with Crippen LogP contribution in [0.25, 0.3) is 20.7 Å². The Morgan fingerprint density at radius 2 is 1.67 bits per heavy atom. The highest BCUT2D eigenvalue weighted by Crippen LogP contribution is 2.35. The molecule has 0 spiro atoms. The SMILES string of the molecule is NCc1ccc(-c2cc3ncnc(NCCc4ccc(NC(=O)c5cccc(C(F)(F)F)c5)cc4)c3s2)cc1. The third-order valence-corrected chi connectivity index (χ3v) is 7.34. The molecule has 10 heteroatoms. The first-order valence-corrected chi connectivity index (χ1v) is 13.0. The van der Waals surface area contributed by atoms with Crippen LogP contribution in [0.2, 0.25) is 0 Å². The lowest BCUT2D eigenvalue weighted by molar-refractivity contribution is -0.137. The molecule has 0 aliphatic rings. The number of alkyl halides is 3. The molecule has 5 aromatic rings. The summed E-state index contributed by atoms with van der Waals surface area (Å²) >= 11 is 1.62. The number of carbonyl (C=O) groups excluding carboxylic acids is 1. The largest absolute Gasteiger partial charge is 0.416 e. The van der Waals surface area contributed by atoms with Gasteiger partial charge in [0.15, 0.2) is 0 Å². The summed E-state index contributed by atoms with van der Waals surface area (Å²) in [6.07, 6.45) is -2.26. The fourth-order valence-electron chi connectivity index (χ4n) is 4.05. The van der Waals surface area contributed by atoms with Crippen molar-refractivity contribution in [3.8, 4) is 10.4 Å². The molecule has 0 saturated carbocycles. The summed E-state index contributed by atoms with van der Waals surface area (Å²) < 4.78 is 39.8. The van der Waals surface area contributed by atoms with Gasteiger partial charge < -0.3 is 16.4 Å². The Bertz CT molecular complexity index is 1600. The fourth-order valence-corrected chi connectivity index (χ4v) is 5.13. The molecule has 0 unspecified atom stereocenters. The molecule has 0 aliphatic carbocycles. The number of rotatable bonds is 8. The number of hydrogen-bond acceptors (Lipinski definition) is 6. The maximum absolute atomic E-state index is 12.9. The summed E-state index contributed by atoms with van der Waals surface area (Å²) in [6, 6.07) is 21.7. The van der Waals surface area contributed by atoms with Crippen LogP contribution in [0.4, 0.5) is 24.7 Å². The Balaban J connectivity index is 1.19. The number of aromatic nitrogens is 2. The number of fused-ring (bicyclic) bond motifs is 1. The van der Waals surface area contributed by atoms with E-state index in [1.165, 1.54) is 12.1 Å². The van der Waals surface area contributed by atoms with Gasteiger partial charge in [-0.25, -0.2) is 9.97 Å². The average molecular weight is 548 g/mol. The molecule has 1 amide bonds. The van der Waals surface area contributed by atoms with Crippen molar-refractivity contribution in [3.63, 3.8) is 0 Å². The second-order valence-corrected chi connectivity index (χ2v) is 9.91. The number of nitrogens with zero attached hydrogens (tertiary/aromatic N) is 2. The second-order valence-electron chi connectivity index (χ2n) is 8.85. The summed E-state index contributed by atoms with van der Waals surface area (Å²) in [4.78, 5) is 22.4. The number of nitrogens with two attached hydrogens (primary N) is 1.